The first-order valence-corrected chi connectivity index (χ1v) is 4.32. The highest BCUT2D eigenvalue weighted by Gasteiger charge is 2.43. The van der Waals surface area contributed by atoms with Gasteiger partial charge in [0.1, 0.15) is 5.60 Å². The molecule has 1 rings (SSSR count). The Morgan fingerprint density at radius 2 is 2.08 bits per heavy atom. The van der Waals surface area contributed by atoms with Crippen LogP contribution in [0.1, 0.15) is 27.2 Å². The minimum atomic E-state index is -0.644. The molecule has 4 heteroatoms. The molecule has 2 unspecified atom stereocenters. The van der Waals surface area contributed by atoms with Crippen molar-refractivity contribution < 1.29 is 14.3 Å². The predicted octanol–water partition coefficient (Wildman–Crippen LogP) is 0.244. The predicted molar refractivity (Wildman–Crippen MR) is 46.9 cm³/mol. The Labute approximate surface area is 77.4 Å². The molecule has 0 amide bonds. The number of nitrogens with two attached hydrogens (primary N) is 1. The van der Waals surface area contributed by atoms with Gasteiger partial charge in [-0.2, -0.15) is 0 Å². The number of ketones is 1. The summed E-state index contributed by atoms with van der Waals surface area (Å²) >= 11 is 0. The van der Waals surface area contributed by atoms with E-state index in [1.165, 1.54) is 0 Å². The molecule has 0 aliphatic heterocycles. The van der Waals surface area contributed by atoms with E-state index in [0.717, 1.165) is 0 Å². The van der Waals surface area contributed by atoms with E-state index in [0.29, 0.717) is 0 Å². The fourth-order valence-electron chi connectivity index (χ4n) is 1.15. The standard InChI is InChI=1S/C9H15NO3/c1-9(2,3)13-8(12)5-4-6(11)7(5)10/h5,7H,4,10H2,1-3H3. The zero-order valence-corrected chi connectivity index (χ0v) is 8.16. The summed E-state index contributed by atoms with van der Waals surface area (Å²) in [6.07, 6.45) is 0.232. The van der Waals surface area contributed by atoms with Gasteiger partial charge in [0, 0.05) is 6.42 Å². The molecule has 1 fully saturated rings. The number of ether oxygens (including phenoxy) is 1. The van der Waals surface area contributed by atoms with Crippen molar-refractivity contribution in [2.75, 3.05) is 0 Å². The Morgan fingerprint density at radius 1 is 1.54 bits per heavy atom. The highest BCUT2D eigenvalue weighted by molar-refractivity contribution is 5.99. The molecule has 0 radical (unpaired) electrons. The summed E-state index contributed by atoms with van der Waals surface area (Å²) in [6, 6.07) is -0.644. The summed E-state index contributed by atoms with van der Waals surface area (Å²) in [6.45, 7) is 5.37. The monoisotopic (exact) mass is 185 g/mol. The highest BCUT2D eigenvalue weighted by Crippen LogP contribution is 2.25. The smallest absolute Gasteiger partial charge is 0.311 e. The normalized spacial score (nSPS) is 28.2. The van der Waals surface area contributed by atoms with Crippen molar-refractivity contribution in [3.8, 4) is 0 Å². The maximum atomic E-state index is 11.3. The van der Waals surface area contributed by atoms with Crippen LogP contribution in [0, 0.1) is 5.92 Å². The van der Waals surface area contributed by atoms with Crippen molar-refractivity contribution in [3.05, 3.63) is 0 Å². The molecular formula is C9H15NO3. The van der Waals surface area contributed by atoms with E-state index in [2.05, 4.69) is 0 Å². The van der Waals surface area contributed by atoms with Gasteiger partial charge in [0.15, 0.2) is 5.78 Å². The van der Waals surface area contributed by atoms with Crippen molar-refractivity contribution in [1.82, 2.24) is 0 Å². The van der Waals surface area contributed by atoms with Crippen LogP contribution < -0.4 is 5.73 Å². The molecule has 0 aromatic carbocycles. The van der Waals surface area contributed by atoms with Crippen LogP contribution in [0.5, 0.6) is 0 Å². The van der Waals surface area contributed by atoms with Crippen molar-refractivity contribution >= 4 is 11.8 Å². The zero-order chi connectivity index (χ0) is 10.2. The molecule has 0 aromatic rings. The van der Waals surface area contributed by atoms with Gasteiger partial charge in [0.2, 0.25) is 0 Å². The van der Waals surface area contributed by atoms with Gasteiger partial charge in [-0.25, -0.2) is 0 Å². The van der Waals surface area contributed by atoms with Crippen LogP contribution in [0.4, 0.5) is 0 Å². The Balaban J connectivity index is 2.47. The number of Topliss-reactive ketones (excluding diaryl/α,β-unsaturated/α-hetero) is 1. The van der Waals surface area contributed by atoms with Crippen molar-refractivity contribution in [2.24, 2.45) is 11.7 Å². The minimum absolute atomic E-state index is 0.0594. The van der Waals surface area contributed by atoms with Crippen LogP contribution in [-0.2, 0) is 14.3 Å². The fourth-order valence-corrected chi connectivity index (χ4v) is 1.15. The second kappa shape index (κ2) is 3.10. The Hall–Kier alpha value is -0.900. The molecule has 1 aliphatic rings. The van der Waals surface area contributed by atoms with E-state index in [-0.39, 0.29) is 18.2 Å². The molecule has 0 heterocycles. The third-order valence-corrected chi connectivity index (χ3v) is 1.94. The number of carbonyl (C=O) groups excluding carboxylic acids is 2. The van der Waals surface area contributed by atoms with Gasteiger partial charge in [-0.3, -0.25) is 9.59 Å². The molecule has 2 atom stereocenters. The largest absolute Gasteiger partial charge is 0.460 e. The number of carbonyl (C=O) groups is 2. The summed E-state index contributed by atoms with van der Waals surface area (Å²) in [7, 11) is 0. The molecule has 1 saturated carbocycles. The number of hydrogen-bond donors (Lipinski definition) is 1. The van der Waals surface area contributed by atoms with E-state index in [1.807, 2.05) is 0 Å². The lowest BCUT2D eigenvalue weighted by Crippen LogP contribution is -2.54. The van der Waals surface area contributed by atoms with Gasteiger partial charge < -0.3 is 10.5 Å². The van der Waals surface area contributed by atoms with Crippen LogP contribution in [0.25, 0.3) is 0 Å². The molecule has 0 bridgehead atoms. The van der Waals surface area contributed by atoms with Crippen LogP contribution in [0.15, 0.2) is 0 Å². The Kier molecular flexibility index (Phi) is 2.43. The third-order valence-electron chi connectivity index (χ3n) is 1.94. The molecule has 0 aromatic heterocycles. The van der Waals surface area contributed by atoms with Crippen LogP contribution >= 0.6 is 0 Å². The molecule has 2 N–H and O–H groups in total. The van der Waals surface area contributed by atoms with E-state index in [4.69, 9.17) is 10.5 Å². The number of esters is 1. The van der Waals surface area contributed by atoms with Crippen molar-refractivity contribution in [2.45, 2.75) is 38.8 Å². The third kappa shape index (κ3) is 2.28. The lowest BCUT2D eigenvalue weighted by Gasteiger charge is -2.32. The van der Waals surface area contributed by atoms with Crippen LogP contribution in [0.2, 0.25) is 0 Å². The molecule has 13 heavy (non-hydrogen) atoms. The van der Waals surface area contributed by atoms with Gasteiger partial charge in [0.05, 0.1) is 12.0 Å². The second-order valence-corrected chi connectivity index (χ2v) is 4.34. The van der Waals surface area contributed by atoms with Gasteiger partial charge in [-0.15, -0.1) is 0 Å². The summed E-state index contributed by atoms with van der Waals surface area (Å²) in [5.74, 6) is -0.845. The number of rotatable bonds is 1. The van der Waals surface area contributed by atoms with Crippen LogP contribution in [-0.4, -0.2) is 23.4 Å². The maximum absolute atomic E-state index is 11.3. The van der Waals surface area contributed by atoms with Gasteiger partial charge >= 0.3 is 5.97 Å². The maximum Gasteiger partial charge on any atom is 0.311 e. The Bertz CT molecular complexity index is 242. The fraction of sp³-hybridized carbons (Fsp3) is 0.778. The lowest BCUT2D eigenvalue weighted by molar-refractivity contribution is -0.166. The SMILES string of the molecule is CC(C)(C)OC(=O)C1CC(=O)C1N. The molecule has 1 aliphatic carbocycles. The molecule has 0 spiro atoms. The topological polar surface area (TPSA) is 69.4 Å². The molecule has 4 nitrogen and oxygen atoms in total. The van der Waals surface area contributed by atoms with Gasteiger partial charge in [0.25, 0.3) is 0 Å². The zero-order valence-electron chi connectivity index (χ0n) is 8.16. The average Bonchev–Trinajstić information content (AvgIpc) is 1.95. The quantitative estimate of drug-likeness (QED) is 0.594. The van der Waals surface area contributed by atoms with Crippen molar-refractivity contribution in [1.29, 1.82) is 0 Å². The minimum Gasteiger partial charge on any atom is -0.460 e. The first-order chi connectivity index (χ1) is 5.81. The average molecular weight is 185 g/mol. The van der Waals surface area contributed by atoms with Crippen molar-refractivity contribution in [3.63, 3.8) is 0 Å². The van der Waals surface area contributed by atoms with E-state index in [1.54, 1.807) is 20.8 Å². The van der Waals surface area contributed by atoms with E-state index >= 15 is 0 Å². The first kappa shape index (κ1) is 10.2. The van der Waals surface area contributed by atoms with E-state index < -0.39 is 17.6 Å². The number of hydrogen-bond acceptors (Lipinski definition) is 4. The second-order valence-electron chi connectivity index (χ2n) is 4.34. The summed E-state index contributed by atoms with van der Waals surface area (Å²) in [4.78, 5) is 22.1. The molecular weight excluding hydrogens is 170 g/mol. The highest BCUT2D eigenvalue weighted by atomic mass is 16.6. The summed E-state index contributed by atoms with van der Waals surface area (Å²) in [5, 5.41) is 0. The Morgan fingerprint density at radius 3 is 2.38 bits per heavy atom. The van der Waals surface area contributed by atoms with Crippen LogP contribution in [0.3, 0.4) is 0 Å². The summed E-state index contributed by atoms with van der Waals surface area (Å²) in [5.41, 5.74) is 4.93. The first-order valence-electron chi connectivity index (χ1n) is 4.32. The van der Waals surface area contributed by atoms with Gasteiger partial charge in [-0.05, 0) is 20.8 Å². The van der Waals surface area contributed by atoms with E-state index in [9.17, 15) is 9.59 Å². The lowest BCUT2D eigenvalue weighted by atomic mass is 9.79. The molecule has 74 valence electrons. The van der Waals surface area contributed by atoms with Gasteiger partial charge in [-0.1, -0.05) is 0 Å². The molecule has 0 saturated heterocycles. The summed E-state index contributed by atoms with van der Waals surface area (Å²) < 4.78 is 5.09.